The van der Waals surface area contributed by atoms with E-state index in [-0.39, 0.29) is 21.7 Å². The van der Waals surface area contributed by atoms with E-state index in [9.17, 15) is 0 Å². The van der Waals surface area contributed by atoms with Crippen molar-refractivity contribution in [2.24, 2.45) is 0 Å². The Bertz CT molecular complexity index is 1140. The molecule has 6 aromatic carbocycles. The van der Waals surface area contributed by atoms with Gasteiger partial charge in [-0.3, -0.25) is 0 Å². The fourth-order valence-corrected chi connectivity index (χ4v) is 3.10. The average Bonchev–Trinajstić information content (AvgIpc) is 3.56. The standard InChI is InChI=1S/2C9H7.2C7H7.C2H6Si.Ti/c2*1-2-5-9-7-3-6-8(9)4-1;2*1-7-5-3-2-4-6-7;1-3-2;/h2*1-7H;2*2-6H,1H2;1-2H3;/q4*-1;;+4. The molecule has 2 heteroatoms. The molecule has 0 heterocycles. The van der Waals surface area contributed by atoms with E-state index in [1.807, 2.05) is 60.7 Å². The topological polar surface area (TPSA) is 0 Å². The van der Waals surface area contributed by atoms with Crippen LogP contribution < -0.4 is 0 Å². The molecular weight excluding hydrogens is 484 g/mol. The van der Waals surface area contributed by atoms with Gasteiger partial charge in [0.2, 0.25) is 0 Å². The minimum absolute atomic E-state index is 0. The quantitative estimate of drug-likeness (QED) is 0.139. The first-order valence-electron chi connectivity index (χ1n) is 11.7. The molecule has 0 bridgehead atoms. The molecule has 0 nitrogen and oxygen atoms in total. The number of rotatable bonds is 0. The van der Waals surface area contributed by atoms with E-state index in [2.05, 4.69) is 112 Å². The summed E-state index contributed by atoms with van der Waals surface area (Å²) < 4.78 is 0. The summed E-state index contributed by atoms with van der Waals surface area (Å²) in [5.41, 5.74) is 2.14. The van der Waals surface area contributed by atoms with Crippen LogP contribution in [-0.2, 0) is 21.7 Å². The van der Waals surface area contributed by atoms with Crippen LogP contribution in [0.4, 0.5) is 0 Å². The van der Waals surface area contributed by atoms with E-state index in [4.69, 9.17) is 0 Å². The number of benzene rings is 4. The molecule has 6 rings (SSSR count). The van der Waals surface area contributed by atoms with E-state index < -0.39 is 0 Å². The van der Waals surface area contributed by atoms with Crippen molar-refractivity contribution < 1.29 is 21.7 Å². The Labute approximate surface area is 235 Å². The van der Waals surface area contributed by atoms with Crippen molar-refractivity contribution in [3.8, 4) is 0 Å². The normalized spacial score (nSPS) is 8.94. The zero-order valence-electron chi connectivity index (χ0n) is 21.3. The van der Waals surface area contributed by atoms with Crippen molar-refractivity contribution in [2.45, 2.75) is 13.1 Å². The predicted octanol–water partition coefficient (Wildman–Crippen LogP) is 9.64. The van der Waals surface area contributed by atoms with Gasteiger partial charge in [-0.15, -0.1) is 83.6 Å². The Morgan fingerprint density at radius 2 is 0.778 bits per heavy atom. The first-order chi connectivity index (χ1) is 17.1. The molecule has 0 N–H and O–H groups in total. The van der Waals surface area contributed by atoms with Gasteiger partial charge in [-0.25, -0.2) is 0 Å². The summed E-state index contributed by atoms with van der Waals surface area (Å²) in [4.78, 5) is 0. The molecule has 0 aliphatic carbocycles. The zero-order chi connectivity index (χ0) is 25.1. The van der Waals surface area contributed by atoms with Crippen molar-refractivity contribution in [3.05, 3.63) is 171 Å². The number of fused-ring (bicyclic) bond motifs is 2. The zero-order valence-corrected chi connectivity index (χ0v) is 23.8. The van der Waals surface area contributed by atoms with Crippen molar-refractivity contribution >= 4 is 31.1 Å². The minimum atomic E-state index is 0. The monoisotopic (exact) mass is 518 g/mol. The molecule has 0 saturated heterocycles. The van der Waals surface area contributed by atoms with E-state index in [1.54, 1.807) is 0 Å². The van der Waals surface area contributed by atoms with Crippen LogP contribution in [0.3, 0.4) is 0 Å². The van der Waals surface area contributed by atoms with Crippen LogP contribution in [0.25, 0.3) is 21.5 Å². The van der Waals surface area contributed by atoms with Crippen LogP contribution in [0.1, 0.15) is 11.1 Å². The second kappa shape index (κ2) is 19.0. The molecule has 0 aromatic heterocycles. The summed E-state index contributed by atoms with van der Waals surface area (Å²) in [6.07, 6.45) is 0. The van der Waals surface area contributed by atoms with Gasteiger partial charge in [0, 0.05) is 9.52 Å². The smallest absolute Gasteiger partial charge is 0.199 e. The first kappa shape index (κ1) is 30.8. The molecular formula is C34H34SiTi. The molecule has 0 amide bonds. The summed E-state index contributed by atoms with van der Waals surface area (Å²) in [5.74, 6) is 0. The third kappa shape index (κ3) is 12.5. The van der Waals surface area contributed by atoms with Crippen LogP contribution >= 0.6 is 0 Å². The fourth-order valence-electron chi connectivity index (χ4n) is 3.10. The molecule has 36 heavy (non-hydrogen) atoms. The van der Waals surface area contributed by atoms with Gasteiger partial charge in [-0.1, -0.05) is 37.4 Å². The van der Waals surface area contributed by atoms with Gasteiger partial charge in [-0.2, -0.15) is 84.3 Å². The maximum absolute atomic E-state index is 3.72. The van der Waals surface area contributed by atoms with Crippen LogP contribution in [-0.4, -0.2) is 9.52 Å². The van der Waals surface area contributed by atoms with Crippen LogP contribution in [0.15, 0.2) is 146 Å². The molecule has 0 aliphatic rings. The van der Waals surface area contributed by atoms with Crippen molar-refractivity contribution in [2.75, 3.05) is 0 Å². The molecule has 0 atom stereocenters. The number of hydrogen-bond donors (Lipinski definition) is 0. The molecule has 0 fully saturated rings. The van der Waals surface area contributed by atoms with Gasteiger partial charge in [0.05, 0.1) is 0 Å². The first-order valence-corrected chi connectivity index (χ1v) is 13.7. The summed E-state index contributed by atoms with van der Waals surface area (Å²) in [6, 6.07) is 49.1. The Balaban J connectivity index is 0.000000231. The van der Waals surface area contributed by atoms with E-state index in [1.165, 1.54) is 21.5 Å². The predicted molar refractivity (Wildman–Crippen MR) is 158 cm³/mol. The Hall–Kier alpha value is -3.23. The molecule has 178 valence electrons. The summed E-state index contributed by atoms with van der Waals surface area (Å²) in [5, 5.41) is 5.32. The largest absolute Gasteiger partial charge is 4.00 e. The summed E-state index contributed by atoms with van der Waals surface area (Å²) >= 11 is 0. The molecule has 6 aromatic rings. The molecule has 0 unspecified atom stereocenters. The average molecular weight is 519 g/mol. The second-order valence-electron chi connectivity index (χ2n) is 7.78. The fraction of sp³-hybridized carbons (Fsp3) is 0.0588. The molecule has 0 saturated carbocycles. The molecule has 0 spiro atoms. The van der Waals surface area contributed by atoms with Gasteiger partial charge < -0.3 is 0 Å². The Morgan fingerprint density at radius 1 is 0.472 bits per heavy atom. The maximum Gasteiger partial charge on any atom is 4.00 e. The van der Waals surface area contributed by atoms with Crippen molar-refractivity contribution in [1.82, 2.24) is 0 Å². The molecule has 0 aliphatic heterocycles. The SMILES string of the molecule is C[Si]C.[CH2-]c1ccccc1.[CH2-]c1ccccc1.[Ti+4].c1ccc2[cH-]ccc2c1.c1ccc2[cH-]ccc2c1. The van der Waals surface area contributed by atoms with Crippen LogP contribution in [0, 0.1) is 13.8 Å². The van der Waals surface area contributed by atoms with Crippen LogP contribution in [0.2, 0.25) is 13.1 Å². The third-order valence-corrected chi connectivity index (χ3v) is 4.78. The van der Waals surface area contributed by atoms with Gasteiger partial charge in [0.15, 0.2) is 0 Å². The van der Waals surface area contributed by atoms with Crippen molar-refractivity contribution in [3.63, 3.8) is 0 Å². The van der Waals surface area contributed by atoms with Gasteiger partial charge in [0.25, 0.3) is 0 Å². The maximum atomic E-state index is 3.72. The van der Waals surface area contributed by atoms with Gasteiger partial charge in [0.1, 0.15) is 0 Å². The summed E-state index contributed by atoms with van der Waals surface area (Å²) in [6.45, 7) is 11.7. The minimum Gasteiger partial charge on any atom is -0.199 e. The van der Waals surface area contributed by atoms with Crippen molar-refractivity contribution in [1.29, 1.82) is 0 Å². The third-order valence-electron chi connectivity index (χ3n) is 4.78. The second-order valence-corrected chi connectivity index (χ2v) is 8.78. The number of hydrogen-bond acceptors (Lipinski definition) is 0. The Kier molecular flexibility index (Phi) is 16.3. The Morgan fingerprint density at radius 3 is 1.06 bits per heavy atom. The van der Waals surface area contributed by atoms with Gasteiger partial charge >= 0.3 is 21.7 Å². The van der Waals surface area contributed by atoms with E-state index in [0.717, 1.165) is 20.6 Å². The molecule has 2 radical (unpaired) electrons. The van der Waals surface area contributed by atoms with Crippen LogP contribution in [0.5, 0.6) is 0 Å². The van der Waals surface area contributed by atoms with Gasteiger partial charge in [-0.05, 0) is 0 Å². The van der Waals surface area contributed by atoms with E-state index >= 15 is 0 Å². The summed E-state index contributed by atoms with van der Waals surface area (Å²) in [7, 11) is 1.08. The van der Waals surface area contributed by atoms with E-state index in [0.29, 0.717) is 0 Å².